The summed E-state index contributed by atoms with van der Waals surface area (Å²) >= 11 is 0. The lowest BCUT2D eigenvalue weighted by molar-refractivity contribution is 0.391. The molecular formula is C17H18N6O. The molecule has 7 heteroatoms. The predicted octanol–water partition coefficient (Wildman–Crippen LogP) is 2.33. The Morgan fingerprint density at radius 1 is 1.00 bits per heavy atom. The van der Waals surface area contributed by atoms with Crippen LogP contribution in [0.1, 0.15) is 12.8 Å². The maximum absolute atomic E-state index is 5.08. The standard InChI is InChI=1S/C17H18N6O/c1-24-17-8-7-15(19-20-17)23-14(13-6-2-3-9-18-13)12-16(21-23)22-10-4-5-11-22/h2-3,6-9,12H,4-5,10-11H2,1H3. The highest BCUT2D eigenvalue weighted by Gasteiger charge is 2.20. The molecule has 0 radical (unpaired) electrons. The molecule has 122 valence electrons. The van der Waals surface area contributed by atoms with Gasteiger partial charge in [-0.1, -0.05) is 6.07 Å². The molecule has 1 aliphatic heterocycles. The molecule has 0 bridgehead atoms. The quantitative estimate of drug-likeness (QED) is 0.734. The van der Waals surface area contributed by atoms with Crippen LogP contribution in [0, 0.1) is 0 Å². The highest BCUT2D eigenvalue weighted by atomic mass is 16.5. The second-order valence-electron chi connectivity index (χ2n) is 5.64. The van der Waals surface area contributed by atoms with Crippen LogP contribution in [-0.2, 0) is 0 Å². The minimum atomic E-state index is 0.477. The summed E-state index contributed by atoms with van der Waals surface area (Å²) < 4.78 is 6.88. The van der Waals surface area contributed by atoms with Crippen molar-refractivity contribution in [1.82, 2.24) is 25.0 Å². The molecule has 3 aromatic heterocycles. The maximum Gasteiger partial charge on any atom is 0.233 e. The molecule has 7 nitrogen and oxygen atoms in total. The zero-order chi connectivity index (χ0) is 16.4. The molecule has 4 rings (SSSR count). The molecule has 1 aliphatic rings. The van der Waals surface area contributed by atoms with E-state index in [4.69, 9.17) is 9.84 Å². The fraction of sp³-hybridized carbons (Fsp3) is 0.294. The Bertz CT molecular complexity index is 809. The number of hydrogen-bond donors (Lipinski definition) is 0. The Balaban J connectivity index is 1.80. The van der Waals surface area contributed by atoms with Crippen LogP contribution >= 0.6 is 0 Å². The van der Waals surface area contributed by atoms with E-state index in [1.54, 1.807) is 24.1 Å². The molecule has 0 aromatic carbocycles. The molecule has 0 N–H and O–H groups in total. The van der Waals surface area contributed by atoms with Crippen molar-refractivity contribution >= 4 is 5.82 Å². The van der Waals surface area contributed by atoms with Gasteiger partial charge in [0.25, 0.3) is 0 Å². The molecular weight excluding hydrogens is 304 g/mol. The van der Waals surface area contributed by atoms with Crippen molar-refractivity contribution in [1.29, 1.82) is 0 Å². The lowest BCUT2D eigenvalue weighted by atomic mass is 10.2. The molecule has 3 aromatic rings. The van der Waals surface area contributed by atoms with E-state index in [2.05, 4.69) is 26.1 Å². The molecule has 24 heavy (non-hydrogen) atoms. The number of hydrogen-bond acceptors (Lipinski definition) is 6. The Morgan fingerprint density at radius 3 is 2.54 bits per heavy atom. The van der Waals surface area contributed by atoms with Crippen molar-refractivity contribution in [3.05, 3.63) is 42.6 Å². The van der Waals surface area contributed by atoms with Gasteiger partial charge >= 0.3 is 0 Å². The van der Waals surface area contributed by atoms with Crippen LogP contribution in [0.2, 0.25) is 0 Å². The van der Waals surface area contributed by atoms with Crippen LogP contribution < -0.4 is 9.64 Å². The first-order valence-electron chi connectivity index (χ1n) is 7.99. The topological polar surface area (TPSA) is 69.0 Å². The first-order chi connectivity index (χ1) is 11.8. The van der Waals surface area contributed by atoms with Gasteiger partial charge in [0.15, 0.2) is 11.6 Å². The first-order valence-corrected chi connectivity index (χ1v) is 7.99. The fourth-order valence-corrected chi connectivity index (χ4v) is 2.88. The minimum absolute atomic E-state index is 0.477. The highest BCUT2D eigenvalue weighted by molar-refractivity contribution is 5.62. The summed E-state index contributed by atoms with van der Waals surface area (Å²) in [7, 11) is 1.57. The number of rotatable bonds is 4. The van der Waals surface area contributed by atoms with E-state index in [0.29, 0.717) is 11.7 Å². The molecule has 1 saturated heterocycles. The summed E-state index contributed by atoms with van der Waals surface area (Å²) in [6, 6.07) is 11.5. The average Bonchev–Trinajstić information content (AvgIpc) is 3.32. The molecule has 4 heterocycles. The van der Waals surface area contributed by atoms with E-state index < -0.39 is 0 Å². The largest absolute Gasteiger partial charge is 0.480 e. The lowest BCUT2D eigenvalue weighted by Crippen LogP contribution is -2.18. The number of nitrogens with zero attached hydrogens (tertiary/aromatic N) is 6. The van der Waals surface area contributed by atoms with Gasteiger partial charge in [0.05, 0.1) is 18.5 Å². The van der Waals surface area contributed by atoms with Crippen molar-refractivity contribution in [2.75, 3.05) is 25.1 Å². The second-order valence-corrected chi connectivity index (χ2v) is 5.64. The van der Waals surface area contributed by atoms with E-state index in [1.165, 1.54) is 12.8 Å². The lowest BCUT2D eigenvalue weighted by Gasteiger charge is -2.12. The van der Waals surface area contributed by atoms with Gasteiger partial charge in [0.1, 0.15) is 0 Å². The number of anilines is 1. The van der Waals surface area contributed by atoms with Crippen molar-refractivity contribution in [2.24, 2.45) is 0 Å². The van der Waals surface area contributed by atoms with E-state index in [1.807, 2.05) is 24.3 Å². The molecule has 0 atom stereocenters. The monoisotopic (exact) mass is 322 g/mol. The Kier molecular flexibility index (Phi) is 3.82. The van der Waals surface area contributed by atoms with Crippen molar-refractivity contribution in [3.63, 3.8) is 0 Å². The number of aromatic nitrogens is 5. The van der Waals surface area contributed by atoms with E-state index in [-0.39, 0.29) is 0 Å². The molecule has 0 aliphatic carbocycles. The van der Waals surface area contributed by atoms with E-state index >= 15 is 0 Å². The zero-order valence-corrected chi connectivity index (χ0v) is 13.5. The summed E-state index contributed by atoms with van der Waals surface area (Å²) in [6.07, 6.45) is 4.18. The van der Waals surface area contributed by atoms with Gasteiger partial charge in [-0.15, -0.1) is 15.3 Å². The number of methoxy groups -OCH3 is 1. The van der Waals surface area contributed by atoms with Crippen molar-refractivity contribution in [3.8, 4) is 23.1 Å². The van der Waals surface area contributed by atoms with Crippen molar-refractivity contribution < 1.29 is 4.74 Å². The molecule has 0 amide bonds. The first kappa shape index (κ1) is 14.6. The van der Waals surface area contributed by atoms with Crippen LogP contribution in [-0.4, -0.2) is 45.2 Å². The highest BCUT2D eigenvalue weighted by Crippen LogP contribution is 2.27. The fourth-order valence-electron chi connectivity index (χ4n) is 2.88. The van der Waals surface area contributed by atoms with E-state index in [0.717, 1.165) is 30.3 Å². The summed E-state index contributed by atoms with van der Waals surface area (Å²) in [5.74, 6) is 2.07. The smallest absolute Gasteiger partial charge is 0.233 e. The van der Waals surface area contributed by atoms with Gasteiger partial charge in [-0.25, -0.2) is 4.68 Å². The van der Waals surface area contributed by atoms with Gasteiger partial charge in [-0.05, 0) is 31.0 Å². The van der Waals surface area contributed by atoms with Crippen LogP contribution in [0.15, 0.2) is 42.6 Å². The Hall–Kier alpha value is -2.96. The third kappa shape index (κ3) is 2.68. The van der Waals surface area contributed by atoms with Crippen LogP contribution in [0.3, 0.4) is 0 Å². The predicted molar refractivity (Wildman–Crippen MR) is 90.4 cm³/mol. The molecule has 0 saturated carbocycles. The van der Waals surface area contributed by atoms with Gasteiger partial charge in [-0.3, -0.25) is 4.98 Å². The third-order valence-electron chi connectivity index (χ3n) is 4.11. The zero-order valence-electron chi connectivity index (χ0n) is 13.5. The van der Waals surface area contributed by atoms with E-state index in [9.17, 15) is 0 Å². The van der Waals surface area contributed by atoms with Crippen LogP contribution in [0.5, 0.6) is 5.88 Å². The summed E-state index contributed by atoms with van der Waals surface area (Å²) in [5, 5.41) is 13.0. The van der Waals surface area contributed by atoms with Crippen molar-refractivity contribution in [2.45, 2.75) is 12.8 Å². The SMILES string of the molecule is COc1ccc(-n2nc(N3CCCC3)cc2-c2ccccn2)nn1. The average molecular weight is 322 g/mol. The van der Waals surface area contributed by atoms with Crippen LogP contribution in [0.4, 0.5) is 5.82 Å². The number of ether oxygens (including phenoxy) is 1. The second kappa shape index (κ2) is 6.27. The Labute approximate surface area is 139 Å². The number of pyridine rings is 1. The van der Waals surface area contributed by atoms with Gasteiger partial charge < -0.3 is 9.64 Å². The molecule has 0 spiro atoms. The summed E-state index contributed by atoms with van der Waals surface area (Å²) in [5.41, 5.74) is 1.75. The maximum atomic E-state index is 5.08. The summed E-state index contributed by atoms with van der Waals surface area (Å²) in [6.45, 7) is 2.07. The molecule has 1 fully saturated rings. The van der Waals surface area contributed by atoms with Gasteiger partial charge in [-0.2, -0.15) is 0 Å². The third-order valence-corrected chi connectivity index (χ3v) is 4.11. The van der Waals surface area contributed by atoms with Crippen LogP contribution in [0.25, 0.3) is 17.2 Å². The minimum Gasteiger partial charge on any atom is -0.480 e. The Morgan fingerprint density at radius 2 is 1.88 bits per heavy atom. The van der Waals surface area contributed by atoms with Gasteiger partial charge in [0.2, 0.25) is 5.88 Å². The summed E-state index contributed by atoms with van der Waals surface area (Å²) in [4.78, 5) is 6.75. The van der Waals surface area contributed by atoms with Gasteiger partial charge in [0, 0.05) is 31.4 Å². The normalized spacial score (nSPS) is 14.1. The molecule has 0 unspecified atom stereocenters.